The van der Waals surface area contributed by atoms with Crippen LogP contribution in [0.2, 0.25) is 0 Å². The summed E-state index contributed by atoms with van der Waals surface area (Å²) in [6.45, 7) is 0. The van der Waals surface area contributed by atoms with E-state index in [1.165, 1.54) is 0 Å². The standard InChI is InChI=1S/C4H4F3NO2/c5-4(6,7)2-1-3(2)8(9)10/h2-3H,1H2/t2-,3-/m0/s1. The van der Waals surface area contributed by atoms with E-state index < -0.39 is 23.1 Å². The van der Waals surface area contributed by atoms with E-state index in [1.54, 1.807) is 0 Å². The molecule has 0 heterocycles. The van der Waals surface area contributed by atoms with E-state index in [4.69, 9.17) is 0 Å². The Hall–Kier alpha value is -0.810. The summed E-state index contributed by atoms with van der Waals surface area (Å²) in [5.74, 6) is -1.69. The molecule has 3 nitrogen and oxygen atoms in total. The van der Waals surface area contributed by atoms with Gasteiger partial charge in [-0.25, -0.2) is 0 Å². The number of hydrogen-bond donors (Lipinski definition) is 0. The van der Waals surface area contributed by atoms with Gasteiger partial charge in [-0.1, -0.05) is 0 Å². The van der Waals surface area contributed by atoms with Crippen LogP contribution in [0.5, 0.6) is 0 Å². The van der Waals surface area contributed by atoms with Crippen molar-refractivity contribution in [2.45, 2.75) is 18.6 Å². The zero-order valence-electron chi connectivity index (χ0n) is 4.76. The van der Waals surface area contributed by atoms with Gasteiger partial charge in [-0.15, -0.1) is 0 Å². The highest BCUT2D eigenvalue weighted by Gasteiger charge is 2.63. The Morgan fingerprint density at radius 2 is 2.00 bits per heavy atom. The molecule has 1 fully saturated rings. The molecule has 0 N–H and O–H groups in total. The quantitative estimate of drug-likeness (QED) is 0.422. The number of alkyl halides is 3. The first-order valence-electron chi connectivity index (χ1n) is 2.63. The number of nitrogens with zero attached hydrogens (tertiary/aromatic N) is 1. The first kappa shape index (κ1) is 7.30. The lowest BCUT2D eigenvalue weighted by Gasteiger charge is -1.99. The van der Waals surface area contributed by atoms with E-state index in [-0.39, 0.29) is 6.42 Å². The lowest BCUT2D eigenvalue weighted by Crippen LogP contribution is -2.17. The average molecular weight is 155 g/mol. The van der Waals surface area contributed by atoms with Crippen LogP contribution in [-0.2, 0) is 0 Å². The second-order valence-corrected chi connectivity index (χ2v) is 2.24. The minimum atomic E-state index is -4.38. The SMILES string of the molecule is O=[N+]([O-])[C@H]1C[C@@H]1C(F)(F)F. The molecule has 6 heteroatoms. The van der Waals surface area contributed by atoms with Gasteiger partial charge in [-0.2, -0.15) is 13.2 Å². The average Bonchev–Trinajstić information content (AvgIpc) is 2.35. The molecule has 0 aromatic rings. The van der Waals surface area contributed by atoms with Crippen LogP contribution in [0, 0.1) is 16.0 Å². The van der Waals surface area contributed by atoms with Crippen molar-refractivity contribution in [2.75, 3.05) is 0 Å². The summed E-state index contributed by atoms with van der Waals surface area (Å²) >= 11 is 0. The summed E-state index contributed by atoms with van der Waals surface area (Å²) in [7, 11) is 0. The van der Waals surface area contributed by atoms with Crippen molar-refractivity contribution in [3.63, 3.8) is 0 Å². The minimum Gasteiger partial charge on any atom is -0.264 e. The Balaban J connectivity index is 2.46. The smallest absolute Gasteiger partial charge is 0.264 e. The highest BCUT2D eigenvalue weighted by Crippen LogP contribution is 2.45. The van der Waals surface area contributed by atoms with Crippen molar-refractivity contribution < 1.29 is 18.1 Å². The van der Waals surface area contributed by atoms with Crippen LogP contribution in [0.25, 0.3) is 0 Å². The Labute approximate surface area is 54.0 Å². The van der Waals surface area contributed by atoms with Crippen LogP contribution < -0.4 is 0 Å². The maximum absolute atomic E-state index is 11.5. The number of hydrogen-bond acceptors (Lipinski definition) is 2. The Kier molecular flexibility index (Phi) is 1.34. The molecule has 1 aliphatic carbocycles. The number of halogens is 3. The first-order chi connectivity index (χ1) is 4.43. The van der Waals surface area contributed by atoms with Gasteiger partial charge in [0, 0.05) is 11.3 Å². The summed E-state index contributed by atoms with van der Waals surface area (Å²) in [4.78, 5) is 8.85. The summed E-state index contributed by atoms with van der Waals surface area (Å²) in [5.41, 5.74) is 0. The van der Waals surface area contributed by atoms with Crippen molar-refractivity contribution >= 4 is 0 Å². The molecule has 1 aliphatic rings. The Bertz CT molecular complexity index is 166. The predicted octanol–water partition coefficient (Wildman–Crippen LogP) is 1.21. The van der Waals surface area contributed by atoms with Crippen LogP contribution in [0.4, 0.5) is 13.2 Å². The van der Waals surface area contributed by atoms with Crippen LogP contribution >= 0.6 is 0 Å². The molecule has 0 spiro atoms. The van der Waals surface area contributed by atoms with Crippen molar-refractivity contribution in [2.24, 2.45) is 5.92 Å². The Morgan fingerprint density at radius 3 is 2.10 bits per heavy atom. The van der Waals surface area contributed by atoms with Gasteiger partial charge in [0.15, 0.2) is 0 Å². The van der Waals surface area contributed by atoms with Gasteiger partial charge < -0.3 is 0 Å². The van der Waals surface area contributed by atoms with Gasteiger partial charge in [0.25, 0.3) is 0 Å². The Morgan fingerprint density at radius 1 is 1.50 bits per heavy atom. The van der Waals surface area contributed by atoms with Crippen LogP contribution in [0.1, 0.15) is 6.42 Å². The number of nitro groups is 1. The van der Waals surface area contributed by atoms with Crippen molar-refractivity contribution in [3.05, 3.63) is 10.1 Å². The second kappa shape index (κ2) is 1.83. The molecular formula is C4H4F3NO2. The highest BCUT2D eigenvalue weighted by atomic mass is 19.4. The topological polar surface area (TPSA) is 43.1 Å². The fourth-order valence-corrected chi connectivity index (χ4v) is 0.766. The lowest BCUT2D eigenvalue weighted by atomic mass is 10.4. The highest BCUT2D eigenvalue weighted by molar-refractivity contribution is 4.91. The fourth-order valence-electron chi connectivity index (χ4n) is 0.766. The van der Waals surface area contributed by atoms with Crippen molar-refractivity contribution in [1.82, 2.24) is 0 Å². The third kappa shape index (κ3) is 1.19. The summed E-state index contributed by atoms with van der Waals surface area (Å²) < 4.78 is 34.6. The minimum absolute atomic E-state index is 0.351. The van der Waals surface area contributed by atoms with Crippen LogP contribution in [0.3, 0.4) is 0 Å². The normalized spacial score (nSPS) is 31.9. The molecule has 0 aromatic carbocycles. The van der Waals surface area contributed by atoms with E-state index in [2.05, 4.69) is 0 Å². The van der Waals surface area contributed by atoms with E-state index in [0.29, 0.717) is 0 Å². The zero-order valence-corrected chi connectivity index (χ0v) is 4.76. The molecule has 0 unspecified atom stereocenters. The molecule has 0 amide bonds. The molecule has 0 aromatic heterocycles. The molecule has 1 saturated carbocycles. The first-order valence-corrected chi connectivity index (χ1v) is 2.63. The predicted molar refractivity (Wildman–Crippen MR) is 24.9 cm³/mol. The van der Waals surface area contributed by atoms with E-state index in [9.17, 15) is 23.3 Å². The van der Waals surface area contributed by atoms with E-state index >= 15 is 0 Å². The van der Waals surface area contributed by atoms with Gasteiger partial charge >= 0.3 is 6.18 Å². The summed E-state index contributed by atoms with van der Waals surface area (Å²) in [5, 5.41) is 9.72. The van der Waals surface area contributed by atoms with Crippen molar-refractivity contribution in [3.8, 4) is 0 Å². The van der Waals surface area contributed by atoms with Gasteiger partial charge in [0.1, 0.15) is 5.92 Å². The molecule has 0 radical (unpaired) electrons. The third-order valence-corrected chi connectivity index (χ3v) is 1.45. The maximum atomic E-state index is 11.5. The van der Waals surface area contributed by atoms with Gasteiger partial charge in [-0.05, 0) is 0 Å². The largest absolute Gasteiger partial charge is 0.398 e. The number of rotatable bonds is 1. The van der Waals surface area contributed by atoms with E-state index in [1.807, 2.05) is 0 Å². The lowest BCUT2D eigenvalue weighted by molar-refractivity contribution is -0.502. The monoisotopic (exact) mass is 155 g/mol. The molecule has 0 bridgehead atoms. The van der Waals surface area contributed by atoms with Gasteiger partial charge in [-0.3, -0.25) is 10.1 Å². The molecule has 1 rings (SSSR count). The molecule has 0 saturated heterocycles. The summed E-state index contributed by atoms with van der Waals surface area (Å²) in [6.07, 6.45) is -4.73. The van der Waals surface area contributed by atoms with Gasteiger partial charge in [0.2, 0.25) is 6.04 Å². The second-order valence-electron chi connectivity index (χ2n) is 2.24. The van der Waals surface area contributed by atoms with Gasteiger partial charge in [0.05, 0.1) is 0 Å². The molecular weight excluding hydrogens is 151 g/mol. The molecule has 2 atom stereocenters. The van der Waals surface area contributed by atoms with Crippen LogP contribution in [-0.4, -0.2) is 17.1 Å². The summed E-state index contributed by atoms with van der Waals surface area (Å²) in [6, 6.07) is -1.38. The third-order valence-electron chi connectivity index (χ3n) is 1.45. The fraction of sp³-hybridized carbons (Fsp3) is 1.00. The van der Waals surface area contributed by atoms with Crippen molar-refractivity contribution in [1.29, 1.82) is 0 Å². The molecule has 0 aliphatic heterocycles. The van der Waals surface area contributed by atoms with Crippen LogP contribution in [0.15, 0.2) is 0 Å². The van der Waals surface area contributed by atoms with E-state index in [0.717, 1.165) is 0 Å². The molecule has 10 heavy (non-hydrogen) atoms. The zero-order chi connectivity index (χ0) is 7.94. The molecule has 58 valence electrons. The maximum Gasteiger partial charge on any atom is 0.398 e.